The number of nitro benzene ring substituents is 1. The van der Waals surface area contributed by atoms with E-state index in [1.807, 2.05) is 4.83 Å². The van der Waals surface area contributed by atoms with Crippen LogP contribution in [-0.2, 0) is 27.5 Å². The van der Waals surface area contributed by atoms with Crippen LogP contribution in [0, 0.1) is 10.1 Å². The summed E-state index contributed by atoms with van der Waals surface area (Å²) in [7, 11) is -4.14. The van der Waals surface area contributed by atoms with Crippen molar-refractivity contribution in [3.8, 4) is 0 Å². The minimum atomic E-state index is -4.59. The van der Waals surface area contributed by atoms with Crippen molar-refractivity contribution >= 4 is 56.3 Å². The van der Waals surface area contributed by atoms with E-state index >= 15 is 0 Å². The van der Waals surface area contributed by atoms with E-state index in [0.717, 1.165) is 17.4 Å². The van der Waals surface area contributed by atoms with Gasteiger partial charge in [-0.1, -0.05) is 23.7 Å². The molecule has 1 aromatic carbocycles. The predicted molar refractivity (Wildman–Crippen MR) is 139 cm³/mol. The molecule has 0 aliphatic heterocycles. The number of hydrogen-bond acceptors (Lipinski definition) is 9. The molecule has 0 aliphatic rings. The van der Waals surface area contributed by atoms with Crippen LogP contribution in [0.4, 0.5) is 24.7 Å². The third-order valence-electron chi connectivity index (χ3n) is 5.04. The van der Waals surface area contributed by atoms with Gasteiger partial charge in [0.15, 0.2) is 0 Å². The number of para-hydroxylation sites is 1. The Morgan fingerprint density at radius 3 is 2.55 bits per heavy atom. The molecule has 2 aromatic heterocycles. The van der Waals surface area contributed by atoms with Crippen molar-refractivity contribution in [2.24, 2.45) is 0 Å². The highest BCUT2D eigenvalue weighted by molar-refractivity contribution is 7.91. The van der Waals surface area contributed by atoms with Gasteiger partial charge in [0.1, 0.15) is 15.6 Å². The fourth-order valence-electron chi connectivity index (χ4n) is 3.10. The molecule has 18 heteroatoms. The molecule has 0 radical (unpaired) electrons. The summed E-state index contributed by atoms with van der Waals surface area (Å²) in [5, 5.41) is 16.0. The molecule has 3 rings (SSSR count). The number of thiophene rings is 1. The fraction of sp³-hybridized carbons (Fsp3) is 0.227. The molecule has 214 valence electrons. The van der Waals surface area contributed by atoms with E-state index in [0.29, 0.717) is 11.1 Å². The zero-order valence-corrected chi connectivity index (χ0v) is 22.5. The summed E-state index contributed by atoms with van der Waals surface area (Å²) < 4.78 is 62.8. The number of rotatable bonds is 12. The Morgan fingerprint density at radius 2 is 1.88 bits per heavy atom. The average Bonchev–Trinajstić information content (AvgIpc) is 3.39. The number of halogens is 4. The molecule has 0 aliphatic carbocycles. The smallest absolute Gasteiger partial charge is 0.369 e. The Kier molecular flexibility index (Phi) is 10.0. The van der Waals surface area contributed by atoms with Crippen molar-refractivity contribution in [1.82, 2.24) is 20.6 Å². The Labute approximate surface area is 234 Å². The monoisotopic (exact) mass is 620 g/mol. The maximum Gasteiger partial charge on any atom is 0.417 e. The van der Waals surface area contributed by atoms with Gasteiger partial charge >= 0.3 is 6.18 Å². The van der Waals surface area contributed by atoms with Crippen LogP contribution in [0.25, 0.3) is 0 Å². The zero-order valence-electron chi connectivity index (χ0n) is 20.1. The fourth-order valence-corrected chi connectivity index (χ4v) is 5.49. The maximum atomic E-state index is 12.7. The molecule has 2 amide bonds. The highest BCUT2D eigenvalue weighted by Gasteiger charge is 2.31. The standard InChI is InChI=1S/C22H20ClF3N6O6S2/c23-16-10-13(22(24,25)26)11-28-20(16)27-9-3-6-18(33)30-31-40(37,38)19-8-7-14(39-19)12-29-21(34)15-4-1-2-5-17(15)32(35)36/h1-2,4-5,7-8,10-11,31H,3,6,9,12H2,(H,27,28)(H,29,34)(H,30,33). The number of carbonyl (C=O) groups is 2. The van der Waals surface area contributed by atoms with Crippen molar-refractivity contribution in [3.63, 3.8) is 0 Å². The van der Waals surface area contributed by atoms with Crippen LogP contribution in [-0.4, -0.2) is 36.7 Å². The average molecular weight is 621 g/mol. The van der Waals surface area contributed by atoms with Crippen LogP contribution in [0.15, 0.2) is 52.9 Å². The molecule has 0 fully saturated rings. The largest absolute Gasteiger partial charge is 0.417 e. The number of pyridine rings is 1. The summed E-state index contributed by atoms with van der Waals surface area (Å²) in [5.74, 6) is -1.38. The van der Waals surface area contributed by atoms with Gasteiger partial charge in [0, 0.05) is 30.1 Å². The molecule has 0 saturated carbocycles. The lowest BCUT2D eigenvalue weighted by atomic mass is 10.1. The number of anilines is 1. The Morgan fingerprint density at radius 1 is 1.15 bits per heavy atom. The first-order chi connectivity index (χ1) is 18.8. The number of carbonyl (C=O) groups excluding carboxylic acids is 2. The number of sulfonamides is 1. The molecule has 3 aromatic rings. The minimum absolute atomic E-state index is 0.00228. The number of alkyl halides is 3. The Bertz CT molecular complexity index is 1520. The Hall–Kier alpha value is -3.80. The molecule has 40 heavy (non-hydrogen) atoms. The third-order valence-corrected chi connectivity index (χ3v) is 8.15. The number of amides is 2. The minimum Gasteiger partial charge on any atom is -0.369 e. The SMILES string of the molecule is O=C(CCCNc1ncc(C(F)(F)F)cc1Cl)NNS(=O)(=O)c1ccc(CNC(=O)c2ccccc2[N+](=O)[O-])s1. The quantitative estimate of drug-likeness (QED) is 0.134. The van der Waals surface area contributed by atoms with E-state index in [1.54, 1.807) is 0 Å². The van der Waals surface area contributed by atoms with Gasteiger partial charge in [-0.3, -0.25) is 25.1 Å². The second-order valence-electron chi connectivity index (χ2n) is 7.91. The van der Waals surface area contributed by atoms with Crippen molar-refractivity contribution in [1.29, 1.82) is 0 Å². The van der Waals surface area contributed by atoms with Crippen LogP contribution >= 0.6 is 22.9 Å². The van der Waals surface area contributed by atoms with Crippen molar-refractivity contribution in [2.45, 2.75) is 29.8 Å². The topological polar surface area (TPSA) is 172 Å². The molecule has 2 heterocycles. The first kappa shape index (κ1) is 30.7. The number of nitrogens with zero attached hydrogens (tertiary/aromatic N) is 2. The summed E-state index contributed by atoms with van der Waals surface area (Å²) in [4.78, 5) is 40.7. The van der Waals surface area contributed by atoms with Crippen LogP contribution in [0.3, 0.4) is 0 Å². The molecular weight excluding hydrogens is 601 g/mol. The molecule has 0 unspecified atom stereocenters. The predicted octanol–water partition coefficient (Wildman–Crippen LogP) is 3.86. The number of nitro groups is 1. The van der Waals surface area contributed by atoms with E-state index in [2.05, 4.69) is 21.0 Å². The van der Waals surface area contributed by atoms with E-state index in [4.69, 9.17) is 11.6 Å². The first-order valence-electron chi connectivity index (χ1n) is 11.2. The second-order valence-corrected chi connectivity index (χ2v) is 11.4. The Balaban J connectivity index is 1.44. The molecular formula is C22H20ClF3N6O6S2. The summed E-state index contributed by atoms with van der Waals surface area (Å²) in [6, 6.07) is 8.79. The van der Waals surface area contributed by atoms with E-state index in [-0.39, 0.29) is 52.2 Å². The van der Waals surface area contributed by atoms with Crippen LogP contribution in [0.5, 0.6) is 0 Å². The van der Waals surface area contributed by atoms with E-state index < -0.39 is 38.5 Å². The number of hydrazine groups is 1. The van der Waals surface area contributed by atoms with Crippen molar-refractivity contribution < 1.29 is 36.1 Å². The van der Waals surface area contributed by atoms with Gasteiger partial charge in [-0.05, 0) is 30.7 Å². The van der Waals surface area contributed by atoms with Gasteiger partial charge in [-0.25, -0.2) is 13.4 Å². The zero-order chi connectivity index (χ0) is 29.5. The lowest BCUT2D eigenvalue weighted by Gasteiger charge is -2.11. The van der Waals surface area contributed by atoms with Gasteiger partial charge in [-0.2, -0.15) is 13.2 Å². The molecule has 0 atom stereocenters. The first-order valence-corrected chi connectivity index (χ1v) is 13.8. The highest BCUT2D eigenvalue weighted by Crippen LogP contribution is 2.32. The van der Waals surface area contributed by atoms with Crippen LogP contribution in [0.2, 0.25) is 5.02 Å². The number of hydrogen-bond donors (Lipinski definition) is 4. The van der Waals surface area contributed by atoms with Gasteiger partial charge in [0.25, 0.3) is 21.6 Å². The van der Waals surface area contributed by atoms with Crippen molar-refractivity contribution in [2.75, 3.05) is 11.9 Å². The summed E-state index contributed by atoms with van der Waals surface area (Å²) in [5.41, 5.74) is 0.538. The van der Waals surface area contributed by atoms with Gasteiger partial charge in [0.2, 0.25) is 5.91 Å². The third kappa shape index (κ3) is 8.35. The molecule has 0 saturated heterocycles. The van der Waals surface area contributed by atoms with Gasteiger partial charge < -0.3 is 10.6 Å². The van der Waals surface area contributed by atoms with Crippen molar-refractivity contribution in [3.05, 3.63) is 79.8 Å². The number of nitrogens with one attached hydrogen (secondary N) is 4. The van der Waals surface area contributed by atoms with Crippen LogP contribution in [0.1, 0.15) is 33.6 Å². The lowest BCUT2D eigenvalue weighted by molar-refractivity contribution is -0.385. The normalized spacial score (nSPS) is 11.6. The maximum absolute atomic E-state index is 12.7. The molecule has 0 spiro atoms. The summed E-state index contributed by atoms with van der Waals surface area (Å²) in [6.07, 6.45) is -3.93. The number of benzene rings is 1. The summed E-state index contributed by atoms with van der Waals surface area (Å²) in [6.45, 7) is 0.0205. The lowest BCUT2D eigenvalue weighted by Crippen LogP contribution is -2.41. The van der Waals surface area contributed by atoms with Gasteiger partial charge in [0.05, 0.1) is 22.1 Å². The molecule has 4 N–H and O–H groups in total. The number of aromatic nitrogens is 1. The van der Waals surface area contributed by atoms with Gasteiger partial charge in [-0.15, -0.1) is 16.2 Å². The molecule has 0 bridgehead atoms. The molecule has 12 nitrogen and oxygen atoms in total. The summed E-state index contributed by atoms with van der Waals surface area (Å²) >= 11 is 6.60. The van der Waals surface area contributed by atoms with E-state index in [9.17, 15) is 41.3 Å². The van der Waals surface area contributed by atoms with E-state index in [1.165, 1.54) is 36.4 Å². The van der Waals surface area contributed by atoms with Crippen LogP contribution < -0.4 is 20.9 Å². The second kappa shape index (κ2) is 13.0. The highest BCUT2D eigenvalue weighted by atomic mass is 35.5.